The van der Waals surface area contributed by atoms with E-state index in [0.29, 0.717) is 10.0 Å². The van der Waals surface area contributed by atoms with Crippen LogP contribution in [0, 0.1) is 11.8 Å². The van der Waals surface area contributed by atoms with Crippen LogP contribution in [0.15, 0.2) is 22.7 Å². The van der Waals surface area contributed by atoms with Crippen LogP contribution in [-0.2, 0) is 9.53 Å². The topological polar surface area (TPSA) is 38.8 Å². The van der Waals surface area contributed by atoms with Gasteiger partial charge in [-0.05, 0) is 37.3 Å². The molecule has 4 unspecified atom stereocenters. The van der Waals surface area contributed by atoms with Gasteiger partial charge in [0.1, 0.15) is 11.9 Å². The van der Waals surface area contributed by atoms with Crippen LogP contribution in [0.4, 0.5) is 8.78 Å². The Balaban J connectivity index is 1.68. The lowest BCUT2D eigenvalue weighted by Gasteiger charge is -2.18. The van der Waals surface area contributed by atoms with Crippen LogP contribution in [0.3, 0.4) is 0 Å². The molecule has 0 aromatic heterocycles. The lowest BCUT2D eigenvalue weighted by atomic mass is 9.82. The van der Waals surface area contributed by atoms with E-state index in [1.165, 1.54) is 6.07 Å². The molecule has 2 saturated carbocycles. The van der Waals surface area contributed by atoms with Gasteiger partial charge in [0.05, 0.1) is 0 Å². The zero-order valence-electron chi connectivity index (χ0n) is 11.0. The smallest absolute Gasteiger partial charge is 0.387 e. The third-order valence-corrected chi connectivity index (χ3v) is 5.41. The number of carbonyl (C=O) groups is 1. The number of carbonyl (C=O) groups excluding carboxylic acids is 1. The number of fused-ring (bicyclic) bond motifs is 3. The molecule has 4 rings (SSSR count). The van der Waals surface area contributed by atoms with E-state index in [-0.39, 0.29) is 23.4 Å². The summed E-state index contributed by atoms with van der Waals surface area (Å²) < 4.78 is 36.1. The van der Waals surface area contributed by atoms with E-state index in [1.54, 1.807) is 12.1 Å². The van der Waals surface area contributed by atoms with Gasteiger partial charge in [0.2, 0.25) is 0 Å². The number of Topliss-reactive ketones (excluding diaryl/α,β-unsaturated/α-hetero) is 1. The third kappa shape index (κ3) is 1.88. The van der Waals surface area contributed by atoms with Gasteiger partial charge >= 0.3 is 6.61 Å². The quantitative estimate of drug-likeness (QED) is 0.770. The number of hydrogen-bond donors (Lipinski definition) is 0. The number of halogens is 3. The highest BCUT2D eigenvalue weighted by molar-refractivity contribution is 9.10. The normalized spacial score (nSPS) is 36.8. The monoisotopic (exact) mass is 358 g/mol. The summed E-state index contributed by atoms with van der Waals surface area (Å²) in [7, 11) is 0. The van der Waals surface area contributed by atoms with Crippen LogP contribution >= 0.6 is 15.9 Å². The Hall–Kier alpha value is -1.01. The summed E-state index contributed by atoms with van der Waals surface area (Å²) in [5, 5.41) is 0. The molecule has 3 aliphatic rings. The minimum Gasteiger partial charge on any atom is -0.434 e. The largest absolute Gasteiger partial charge is 0.434 e. The highest BCUT2D eigenvalue weighted by Crippen LogP contribution is 2.66. The second-order valence-electron chi connectivity index (χ2n) is 5.92. The third-order valence-electron chi connectivity index (χ3n) is 4.91. The van der Waals surface area contributed by atoms with Crippen molar-refractivity contribution in [3.05, 3.63) is 28.2 Å². The molecule has 1 aromatic carbocycles. The summed E-state index contributed by atoms with van der Waals surface area (Å²) in [6.07, 6.45) is 2.34. The van der Waals surface area contributed by atoms with Crippen molar-refractivity contribution in [2.24, 2.45) is 11.8 Å². The van der Waals surface area contributed by atoms with E-state index in [2.05, 4.69) is 20.7 Å². The molecular formula is C15H13BrF2O3. The van der Waals surface area contributed by atoms with Crippen LogP contribution < -0.4 is 4.74 Å². The molecule has 1 spiro atoms. The van der Waals surface area contributed by atoms with Gasteiger partial charge in [-0.3, -0.25) is 4.79 Å². The molecule has 2 bridgehead atoms. The van der Waals surface area contributed by atoms with Crippen molar-refractivity contribution in [3.8, 4) is 5.75 Å². The Morgan fingerprint density at radius 1 is 1.38 bits per heavy atom. The molecule has 0 radical (unpaired) electrons. The first-order valence-corrected chi connectivity index (χ1v) is 7.78. The van der Waals surface area contributed by atoms with E-state index in [4.69, 9.17) is 4.74 Å². The molecule has 2 aliphatic carbocycles. The van der Waals surface area contributed by atoms with E-state index >= 15 is 0 Å². The zero-order chi connectivity index (χ0) is 14.8. The van der Waals surface area contributed by atoms with E-state index in [9.17, 15) is 13.6 Å². The average molecular weight is 359 g/mol. The molecule has 1 aliphatic heterocycles. The van der Waals surface area contributed by atoms with Crippen molar-refractivity contribution < 1.29 is 23.0 Å². The fourth-order valence-corrected chi connectivity index (χ4v) is 4.35. The molecule has 3 nitrogen and oxygen atoms in total. The standard InChI is InChI=1S/C15H13BrF2O3/c16-9-3-4-10(11(6-9)20-14(17)18)13-15(21-13)8-2-1-7(5-8)12(15)19/h3-4,6-8,13-14H,1-2,5H2. The Kier molecular flexibility index (Phi) is 2.92. The summed E-state index contributed by atoms with van der Waals surface area (Å²) in [6.45, 7) is -2.90. The fraction of sp³-hybridized carbons (Fsp3) is 0.533. The van der Waals surface area contributed by atoms with Crippen molar-refractivity contribution in [2.75, 3.05) is 0 Å². The number of benzene rings is 1. The Bertz CT molecular complexity index is 621. The van der Waals surface area contributed by atoms with Crippen LogP contribution in [-0.4, -0.2) is 18.0 Å². The van der Waals surface area contributed by atoms with Gasteiger partial charge in [-0.2, -0.15) is 8.78 Å². The van der Waals surface area contributed by atoms with Gasteiger partial charge < -0.3 is 9.47 Å². The van der Waals surface area contributed by atoms with Gasteiger partial charge in [0.15, 0.2) is 11.4 Å². The predicted octanol–water partition coefficient (Wildman–Crippen LogP) is 3.86. The van der Waals surface area contributed by atoms with Gasteiger partial charge in [-0.1, -0.05) is 22.0 Å². The summed E-state index contributed by atoms with van der Waals surface area (Å²) in [5.74, 6) is 0.546. The highest BCUT2D eigenvalue weighted by Gasteiger charge is 2.73. The number of ether oxygens (including phenoxy) is 2. The van der Waals surface area contributed by atoms with Crippen molar-refractivity contribution in [2.45, 2.75) is 37.6 Å². The molecule has 6 heteroatoms. The van der Waals surface area contributed by atoms with E-state index in [0.717, 1.165) is 19.3 Å². The minimum absolute atomic E-state index is 0.0804. The molecule has 3 fully saturated rings. The van der Waals surface area contributed by atoms with Crippen LogP contribution in [0.2, 0.25) is 0 Å². The first-order valence-electron chi connectivity index (χ1n) is 6.98. The maximum absolute atomic E-state index is 12.6. The molecule has 4 atom stereocenters. The number of ketones is 1. The molecule has 21 heavy (non-hydrogen) atoms. The Morgan fingerprint density at radius 3 is 2.86 bits per heavy atom. The van der Waals surface area contributed by atoms with Gasteiger partial charge in [0, 0.05) is 16.0 Å². The Morgan fingerprint density at radius 2 is 2.19 bits per heavy atom. The second-order valence-corrected chi connectivity index (χ2v) is 6.84. The Labute approximate surface area is 128 Å². The van der Waals surface area contributed by atoms with Crippen molar-refractivity contribution in [1.29, 1.82) is 0 Å². The average Bonchev–Trinajstić information content (AvgIpc) is 2.85. The van der Waals surface area contributed by atoms with Gasteiger partial charge in [0.25, 0.3) is 0 Å². The molecule has 1 aromatic rings. The number of epoxide rings is 1. The highest BCUT2D eigenvalue weighted by atomic mass is 79.9. The molecule has 1 saturated heterocycles. The fourth-order valence-electron chi connectivity index (χ4n) is 4.01. The summed E-state index contributed by atoms with van der Waals surface area (Å²) in [5.41, 5.74) is -0.226. The van der Waals surface area contributed by atoms with Gasteiger partial charge in [-0.25, -0.2) is 0 Å². The van der Waals surface area contributed by atoms with Crippen LogP contribution in [0.5, 0.6) is 5.75 Å². The zero-order valence-corrected chi connectivity index (χ0v) is 12.6. The van der Waals surface area contributed by atoms with Gasteiger partial charge in [-0.15, -0.1) is 0 Å². The molecule has 0 N–H and O–H groups in total. The van der Waals surface area contributed by atoms with Crippen molar-refractivity contribution in [1.82, 2.24) is 0 Å². The summed E-state index contributed by atoms with van der Waals surface area (Å²) in [6, 6.07) is 4.94. The predicted molar refractivity (Wildman–Crippen MR) is 73.2 cm³/mol. The number of rotatable bonds is 3. The second kappa shape index (κ2) is 4.49. The summed E-state index contributed by atoms with van der Waals surface area (Å²) >= 11 is 3.24. The van der Waals surface area contributed by atoms with Crippen molar-refractivity contribution >= 4 is 21.7 Å². The number of hydrogen-bond acceptors (Lipinski definition) is 3. The molecule has 1 heterocycles. The summed E-state index contributed by atoms with van der Waals surface area (Å²) in [4.78, 5) is 12.4. The maximum Gasteiger partial charge on any atom is 0.387 e. The first-order chi connectivity index (χ1) is 10.0. The number of alkyl halides is 2. The first kappa shape index (κ1) is 13.6. The molecule has 0 amide bonds. The van der Waals surface area contributed by atoms with E-state index < -0.39 is 18.3 Å². The molecular weight excluding hydrogens is 346 g/mol. The van der Waals surface area contributed by atoms with Crippen LogP contribution in [0.1, 0.15) is 30.9 Å². The maximum atomic E-state index is 12.6. The SMILES string of the molecule is O=C1C2CCC(C2)C12OC2c1ccc(Br)cc1OC(F)F. The molecule has 112 valence electrons. The van der Waals surface area contributed by atoms with E-state index in [1.807, 2.05) is 0 Å². The lowest BCUT2D eigenvalue weighted by molar-refractivity contribution is -0.127. The van der Waals surface area contributed by atoms with Crippen LogP contribution in [0.25, 0.3) is 0 Å². The lowest BCUT2D eigenvalue weighted by Crippen LogP contribution is -2.32. The van der Waals surface area contributed by atoms with Crippen molar-refractivity contribution in [3.63, 3.8) is 0 Å². The minimum atomic E-state index is -2.90.